The number of carbonyl (C=O) groups is 1. The average molecular weight is 527 g/mol. The van der Waals surface area contributed by atoms with Gasteiger partial charge in [0.05, 0.1) is 22.2 Å². The lowest BCUT2D eigenvalue weighted by molar-refractivity contribution is -0.141. The lowest BCUT2D eigenvalue weighted by Crippen LogP contribution is -2.49. The number of hydrogen-bond donors (Lipinski definition) is 2. The molecule has 1 heterocycles. The summed E-state index contributed by atoms with van der Waals surface area (Å²) in [5.41, 5.74) is -4.08. The van der Waals surface area contributed by atoms with Crippen LogP contribution in [0.15, 0.2) is 35.4 Å². The van der Waals surface area contributed by atoms with Crippen molar-refractivity contribution in [3.63, 3.8) is 0 Å². The summed E-state index contributed by atoms with van der Waals surface area (Å²) >= 11 is 6.06. The van der Waals surface area contributed by atoms with Gasteiger partial charge in [0.15, 0.2) is 14.9 Å². The third-order valence-corrected chi connectivity index (χ3v) is 7.05. The summed E-state index contributed by atoms with van der Waals surface area (Å²) in [4.78, 5) is 16.2. The molecule has 3 rings (SSSR count). The maximum absolute atomic E-state index is 14.1. The minimum absolute atomic E-state index is 0.0596. The number of carbonyl (C=O) groups excluding carboxylic acids is 1. The van der Waals surface area contributed by atoms with E-state index in [1.807, 2.05) is 0 Å². The molecule has 1 amide bonds. The number of amides is 1. The first-order valence-corrected chi connectivity index (χ1v) is 12.3. The topological polar surface area (TPSA) is 96.4 Å². The van der Waals surface area contributed by atoms with Crippen LogP contribution in [0.2, 0.25) is 5.02 Å². The summed E-state index contributed by atoms with van der Waals surface area (Å²) in [5.74, 6) is -2.06. The maximum Gasteiger partial charge on any atom is 0.433 e. The molecule has 1 unspecified atom stereocenters. The standard InChI is InChI=1S/C21H20ClF5N2O4S/c1-34(32,33)19-13(5-6-15(28-19)21(25,26)27)18(30)29-17(12-3-2-4-14(24)16(12)22)20(31)9-7-11(23)8-10-20/h2-6,11,17,31H,7-10H2,1H3,(H,29,30)/t11-,17?,20-. The van der Waals surface area contributed by atoms with Gasteiger partial charge in [0, 0.05) is 6.26 Å². The molecule has 34 heavy (non-hydrogen) atoms. The summed E-state index contributed by atoms with van der Waals surface area (Å²) in [7, 11) is -4.39. The molecule has 0 radical (unpaired) electrons. The van der Waals surface area contributed by atoms with Crippen LogP contribution in [0.3, 0.4) is 0 Å². The summed E-state index contributed by atoms with van der Waals surface area (Å²) in [5, 5.41) is 12.1. The molecular formula is C21H20ClF5N2O4S. The van der Waals surface area contributed by atoms with Crippen LogP contribution in [0.4, 0.5) is 22.0 Å². The number of alkyl halides is 4. The number of rotatable bonds is 5. The van der Waals surface area contributed by atoms with Gasteiger partial charge >= 0.3 is 6.18 Å². The molecule has 6 nitrogen and oxygen atoms in total. The van der Waals surface area contributed by atoms with Crippen molar-refractivity contribution in [2.45, 2.75) is 54.7 Å². The Labute approximate surface area is 197 Å². The van der Waals surface area contributed by atoms with Crippen LogP contribution in [-0.2, 0) is 16.0 Å². The SMILES string of the molecule is CS(=O)(=O)c1nc(C(F)(F)F)ccc1C(=O)NC(c1cccc(F)c1Cl)[C@]1(O)CC[C@H](F)CC1. The van der Waals surface area contributed by atoms with Crippen molar-refractivity contribution in [1.82, 2.24) is 10.3 Å². The van der Waals surface area contributed by atoms with Gasteiger partial charge in [-0.25, -0.2) is 22.2 Å². The number of hydrogen-bond acceptors (Lipinski definition) is 5. The average Bonchev–Trinajstić information content (AvgIpc) is 2.74. The van der Waals surface area contributed by atoms with Crippen LogP contribution in [0, 0.1) is 5.82 Å². The molecule has 1 saturated carbocycles. The zero-order valence-electron chi connectivity index (χ0n) is 17.7. The molecule has 1 fully saturated rings. The zero-order chi connectivity index (χ0) is 25.5. The van der Waals surface area contributed by atoms with Gasteiger partial charge < -0.3 is 10.4 Å². The van der Waals surface area contributed by atoms with Crippen molar-refractivity contribution < 1.29 is 40.3 Å². The van der Waals surface area contributed by atoms with Crippen molar-refractivity contribution in [3.8, 4) is 0 Å². The number of halogens is 6. The zero-order valence-corrected chi connectivity index (χ0v) is 19.2. The van der Waals surface area contributed by atoms with Crippen molar-refractivity contribution in [3.05, 3.63) is 58.0 Å². The first-order chi connectivity index (χ1) is 15.6. The van der Waals surface area contributed by atoms with Gasteiger partial charge in [0.25, 0.3) is 5.91 Å². The molecule has 1 aliphatic carbocycles. The number of sulfone groups is 1. The van der Waals surface area contributed by atoms with E-state index in [-0.39, 0.29) is 31.2 Å². The van der Waals surface area contributed by atoms with Gasteiger partial charge in [-0.2, -0.15) is 13.2 Å². The molecule has 1 aliphatic rings. The van der Waals surface area contributed by atoms with Crippen LogP contribution >= 0.6 is 11.6 Å². The molecule has 0 aliphatic heterocycles. The Kier molecular flexibility index (Phi) is 7.26. The highest BCUT2D eigenvalue weighted by molar-refractivity contribution is 7.90. The van der Waals surface area contributed by atoms with Crippen LogP contribution in [-0.4, -0.2) is 42.4 Å². The molecular weight excluding hydrogens is 507 g/mol. The first-order valence-electron chi connectivity index (χ1n) is 10.0. The highest BCUT2D eigenvalue weighted by Crippen LogP contribution is 2.42. The molecule has 186 valence electrons. The Hall–Kier alpha value is -2.31. The van der Waals surface area contributed by atoms with E-state index in [1.54, 1.807) is 0 Å². The summed E-state index contributed by atoms with van der Waals surface area (Å²) in [6.07, 6.45) is -5.99. The molecule has 1 aromatic heterocycles. The third-order valence-electron chi connectivity index (χ3n) is 5.63. The van der Waals surface area contributed by atoms with Gasteiger partial charge in [-0.3, -0.25) is 4.79 Å². The minimum Gasteiger partial charge on any atom is -0.387 e. The van der Waals surface area contributed by atoms with Crippen LogP contribution in [0.1, 0.15) is 53.3 Å². The molecule has 2 aromatic rings. The van der Waals surface area contributed by atoms with Gasteiger partial charge in [0.1, 0.15) is 17.7 Å². The van der Waals surface area contributed by atoms with E-state index in [4.69, 9.17) is 11.6 Å². The lowest BCUT2D eigenvalue weighted by Gasteiger charge is -2.41. The van der Waals surface area contributed by atoms with Gasteiger partial charge in [-0.15, -0.1) is 0 Å². The van der Waals surface area contributed by atoms with Crippen molar-refractivity contribution in [2.24, 2.45) is 0 Å². The van der Waals surface area contributed by atoms with E-state index in [1.165, 1.54) is 12.1 Å². The van der Waals surface area contributed by atoms with Crippen LogP contribution < -0.4 is 5.32 Å². The Morgan fingerprint density at radius 3 is 2.41 bits per heavy atom. The summed E-state index contributed by atoms with van der Waals surface area (Å²) in [6, 6.07) is 3.28. The molecule has 13 heteroatoms. The van der Waals surface area contributed by atoms with Gasteiger partial charge in [0.2, 0.25) is 0 Å². The van der Waals surface area contributed by atoms with E-state index < -0.39 is 66.9 Å². The first kappa shape index (κ1) is 26.3. The van der Waals surface area contributed by atoms with Gasteiger partial charge in [-0.1, -0.05) is 23.7 Å². The van der Waals surface area contributed by atoms with Crippen LogP contribution in [0.5, 0.6) is 0 Å². The van der Waals surface area contributed by atoms with Crippen LogP contribution in [0.25, 0.3) is 0 Å². The Bertz CT molecular complexity index is 1200. The molecule has 2 N–H and O–H groups in total. The van der Waals surface area contributed by atoms with E-state index in [9.17, 15) is 40.3 Å². The lowest BCUT2D eigenvalue weighted by atomic mass is 9.76. The van der Waals surface area contributed by atoms with Crippen molar-refractivity contribution in [1.29, 1.82) is 0 Å². The summed E-state index contributed by atoms with van der Waals surface area (Å²) < 4.78 is 91.3. The minimum atomic E-state index is -4.97. The number of nitrogens with zero attached hydrogens (tertiary/aromatic N) is 1. The third kappa shape index (κ3) is 5.49. The van der Waals surface area contributed by atoms with E-state index in [2.05, 4.69) is 10.3 Å². The maximum atomic E-state index is 14.1. The number of benzene rings is 1. The number of aliphatic hydroxyl groups is 1. The Balaban J connectivity index is 2.09. The predicted octanol–water partition coefficient (Wildman–Crippen LogP) is 4.41. The van der Waals surface area contributed by atoms with Gasteiger partial charge in [-0.05, 0) is 49.4 Å². The monoisotopic (exact) mass is 526 g/mol. The largest absolute Gasteiger partial charge is 0.433 e. The highest BCUT2D eigenvalue weighted by atomic mass is 35.5. The normalized spacial score (nSPS) is 22.3. The second kappa shape index (κ2) is 9.38. The molecule has 0 spiro atoms. The van der Waals surface area contributed by atoms with E-state index >= 15 is 0 Å². The number of nitrogens with one attached hydrogen (secondary N) is 1. The quantitative estimate of drug-likeness (QED) is 0.563. The molecule has 0 saturated heterocycles. The van der Waals surface area contributed by atoms with Crippen molar-refractivity contribution >= 4 is 27.3 Å². The number of pyridine rings is 1. The Morgan fingerprint density at radius 2 is 1.85 bits per heavy atom. The van der Waals surface area contributed by atoms with E-state index in [0.717, 1.165) is 6.07 Å². The second-order valence-electron chi connectivity index (χ2n) is 8.15. The van der Waals surface area contributed by atoms with Crippen molar-refractivity contribution in [2.75, 3.05) is 6.26 Å². The predicted molar refractivity (Wildman–Crippen MR) is 112 cm³/mol. The molecule has 1 atom stereocenters. The fourth-order valence-corrected chi connectivity index (χ4v) is 4.94. The molecule has 0 bridgehead atoms. The number of aromatic nitrogens is 1. The smallest absolute Gasteiger partial charge is 0.387 e. The highest BCUT2D eigenvalue weighted by Gasteiger charge is 2.44. The fraction of sp³-hybridized carbons (Fsp3) is 0.429. The van der Waals surface area contributed by atoms with E-state index in [0.29, 0.717) is 18.4 Å². The Morgan fingerprint density at radius 1 is 1.24 bits per heavy atom. The fourth-order valence-electron chi connectivity index (χ4n) is 3.88. The summed E-state index contributed by atoms with van der Waals surface area (Å²) in [6.45, 7) is 0. The second-order valence-corrected chi connectivity index (χ2v) is 10.5. The molecule has 1 aromatic carbocycles.